The Hall–Kier alpha value is -7.18. The van der Waals surface area contributed by atoms with Crippen molar-refractivity contribution in [3.05, 3.63) is 177 Å². The summed E-state index contributed by atoms with van der Waals surface area (Å²) in [5, 5.41) is 44.9. The lowest BCUT2D eigenvalue weighted by Gasteiger charge is -2.20. The fraction of sp³-hybridized carbons (Fsp3) is 0.259. The van der Waals surface area contributed by atoms with Gasteiger partial charge in [0.25, 0.3) is 0 Å². The molecule has 2 atom stereocenters. The van der Waals surface area contributed by atoms with Crippen LogP contribution in [-0.4, -0.2) is 76.4 Å². The Balaban J connectivity index is 0.999. The highest BCUT2D eigenvalue weighted by Gasteiger charge is 2.22. The molecule has 8 rings (SSSR count). The molecular formula is C54H54Cl2N6O10. The first kappa shape index (κ1) is 51.2. The van der Waals surface area contributed by atoms with E-state index in [2.05, 4.69) is 32.7 Å². The van der Waals surface area contributed by atoms with Crippen molar-refractivity contribution in [2.24, 2.45) is 0 Å². The molecule has 0 bridgehead atoms. The van der Waals surface area contributed by atoms with Gasteiger partial charge in [0, 0.05) is 74.4 Å². The number of carbonyl (C=O) groups is 2. The zero-order valence-corrected chi connectivity index (χ0v) is 41.1. The molecule has 0 fully saturated rings. The van der Waals surface area contributed by atoms with Crippen LogP contribution in [0.2, 0.25) is 10.0 Å². The van der Waals surface area contributed by atoms with Gasteiger partial charge in [0.05, 0.1) is 21.4 Å². The third-order valence-corrected chi connectivity index (χ3v) is 13.1. The summed E-state index contributed by atoms with van der Waals surface area (Å²) in [5.41, 5.74) is 10.3. The van der Waals surface area contributed by atoms with Crippen LogP contribution in [0.25, 0.3) is 22.4 Å². The molecule has 374 valence electrons. The SMILES string of the molecule is Cc1c(COc2cc(OCc3cccc4nccn34)c(CNC(CCO)C(=O)O)cc2Cl)cccc1-c1cccc(COc2cc(OCc3cccc4nccn34)c(CNC(CCO)C(=O)O)cc2Cl)c1C. The number of aromatic nitrogens is 4. The van der Waals surface area contributed by atoms with Gasteiger partial charge in [0.1, 0.15) is 72.8 Å². The van der Waals surface area contributed by atoms with Crippen LogP contribution < -0.4 is 29.6 Å². The molecule has 4 aromatic carbocycles. The predicted molar refractivity (Wildman–Crippen MR) is 272 cm³/mol. The van der Waals surface area contributed by atoms with Crippen molar-refractivity contribution in [2.45, 2.75) is 78.3 Å². The molecule has 0 saturated carbocycles. The minimum Gasteiger partial charge on any atom is -0.487 e. The maximum atomic E-state index is 11.9. The van der Waals surface area contributed by atoms with Crippen molar-refractivity contribution < 1.29 is 49.0 Å². The van der Waals surface area contributed by atoms with E-state index in [-0.39, 0.29) is 65.6 Å². The van der Waals surface area contributed by atoms with E-state index in [9.17, 15) is 30.0 Å². The van der Waals surface area contributed by atoms with Gasteiger partial charge in [-0.2, -0.15) is 0 Å². The third-order valence-electron chi connectivity index (χ3n) is 12.5. The number of aliphatic hydroxyl groups is 2. The van der Waals surface area contributed by atoms with Gasteiger partial charge in [-0.3, -0.25) is 9.59 Å². The van der Waals surface area contributed by atoms with Crippen LogP contribution in [0.5, 0.6) is 23.0 Å². The Morgan fingerprint density at radius 2 is 0.958 bits per heavy atom. The summed E-state index contributed by atoms with van der Waals surface area (Å²) in [6, 6.07) is 28.3. The molecule has 0 saturated heterocycles. The standard InChI is InChI=1S/C54H54Cl2N6O10/c1-33-35(29-69-49-25-47(71-31-39-9-5-13-51-57-17-19-61(39)51)37(23-43(49)55)27-59-45(15-21-63)53(65)66)7-3-11-41(33)42-12-4-8-36(34(42)2)30-70-50-26-48(72-32-40-10-6-14-52-58-18-20-62(40)52)38(24-44(50)56)28-60-46(16-22-64)54(67)68/h3-14,17-20,23-26,45-46,59-60,63-64H,15-16,21-22,27-32H2,1-2H3,(H,65,66)(H,67,68). The number of imidazole rings is 2. The maximum Gasteiger partial charge on any atom is 0.320 e. The van der Waals surface area contributed by atoms with E-state index in [1.54, 1.807) is 36.7 Å². The van der Waals surface area contributed by atoms with Crippen LogP contribution in [0.4, 0.5) is 0 Å². The van der Waals surface area contributed by atoms with Gasteiger partial charge in [0.2, 0.25) is 0 Å². The highest BCUT2D eigenvalue weighted by molar-refractivity contribution is 6.32. The van der Waals surface area contributed by atoms with Crippen LogP contribution in [0.1, 0.15) is 57.6 Å². The van der Waals surface area contributed by atoms with Crippen molar-refractivity contribution in [3.8, 4) is 34.1 Å². The van der Waals surface area contributed by atoms with E-state index >= 15 is 0 Å². The van der Waals surface area contributed by atoms with E-state index in [1.807, 2.05) is 95.7 Å². The highest BCUT2D eigenvalue weighted by Crippen LogP contribution is 2.38. The lowest BCUT2D eigenvalue weighted by Crippen LogP contribution is -2.37. The van der Waals surface area contributed by atoms with E-state index < -0.39 is 24.0 Å². The van der Waals surface area contributed by atoms with Crippen molar-refractivity contribution in [1.82, 2.24) is 29.4 Å². The largest absolute Gasteiger partial charge is 0.487 e. The molecular weight excluding hydrogens is 964 g/mol. The molecule has 0 aliphatic carbocycles. The molecule has 8 aromatic rings. The number of nitrogens with one attached hydrogen (secondary N) is 2. The van der Waals surface area contributed by atoms with Gasteiger partial charge in [0.15, 0.2) is 0 Å². The maximum absolute atomic E-state index is 11.9. The van der Waals surface area contributed by atoms with Crippen LogP contribution >= 0.6 is 23.2 Å². The molecule has 0 aliphatic rings. The highest BCUT2D eigenvalue weighted by atomic mass is 35.5. The zero-order valence-electron chi connectivity index (χ0n) is 39.6. The fourth-order valence-corrected chi connectivity index (χ4v) is 8.88. The molecule has 72 heavy (non-hydrogen) atoms. The van der Waals surface area contributed by atoms with Crippen molar-refractivity contribution in [1.29, 1.82) is 0 Å². The lowest BCUT2D eigenvalue weighted by atomic mass is 9.92. The quantitative estimate of drug-likeness (QED) is 0.0316. The van der Waals surface area contributed by atoms with Crippen molar-refractivity contribution in [3.63, 3.8) is 0 Å². The molecule has 6 N–H and O–H groups in total. The Bertz CT molecular complexity index is 2990. The number of ether oxygens (including phenoxy) is 4. The van der Waals surface area contributed by atoms with Gasteiger partial charge in [-0.15, -0.1) is 0 Å². The normalized spacial score (nSPS) is 12.2. The average molecular weight is 1020 g/mol. The first-order valence-electron chi connectivity index (χ1n) is 23.2. The number of hydrogen-bond donors (Lipinski definition) is 6. The number of fused-ring (bicyclic) bond motifs is 2. The Kier molecular flexibility index (Phi) is 16.9. The Morgan fingerprint density at radius 1 is 0.556 bits per heavy atom. The van der Waals surface area contributed by atoms with E-state index in [0.29, 0.717) is 44.2 Å². The summed E-state index contributed by atoms with van der Waals surface area (Å²) >= 11 is 13.7. The summed E-state index contributed by atoms with van der Waals surface area (Å²) in [6.45, 7) is 4.39. The lowest BCUT2D eigenvalue weighted by molar-refractivity contribution is -0.140. The summed E-state index contributed by atoms with van der Waals surface area (Å²) in [5.74, 6) is -0.531. The van der Waals surface area contributed by atoms with Gasteiger partial charge < -0.3 is 58.8 Å². The summed E-state index contributed by atoms with van der Waals surface area (Å²) in [7, 11) is 0. The van der Waals surface area contributed by atoms with Crippen LogP contribution in [0, 0.1) is 13.8 Å². The minimum absolute atomic E-state index is 0.0263. The molecule has 16 nitrogen and oxygen atoms in total. The number of nitrogens with zero attached hydrogens (tertiary/aromatic N) is 4. The van der Waals surface area contributed by atoms with Gasteiger partial charge in [-0.1, -0.05) is 71.7 Å². The molecule has 0 aliphatic heterocycles. The van der Waals surface area contributed by atoms with Gasteiger partial charge >= 0.3 is 11.9 Å². The van der Waals surface area contributed by atoms with E-state index in [0.717, 1.165) is 56.1 Å². The number of halogens is 2. The molecule has 0 radical (unpaired) electrons. The predicted octanol–water partition coefficient (Wildman–Crippen LogP) is 8.74. The molecule has 2 unspecified atom stereocenters. The van der Waals surface area contributed by atoms with Crippen LogP contribution in [-0.2, 0) is 49.1 Å². The van der Waals surface area contributed by atoms with Crippen molar-refractivity contribution in [2.75, 3.05) is 13.2 Å². The Labute approximate surface area is 425 Å². The summed E-state index contributed by atoms with van der Waals surface area (Å²) in [4.78, 5) is 32.5. The third kappa shape index (κ3) is 12.1. The molecule has 0 amide bonds. The second kappa shape index (κ2) is 23.8. The summed E-state index contributed by atoms with van der Waals surface area (Å²) in [6.07, 6.45) is 7.17. The zero-order chi connectivity index (χ0) is 50.7. The number of benzene rings is 4. The van der Waals surface area contributed by atoms with Gasteiger partial charge in [-0.25, -0.2) is 9.97 Å². The molecule has 18 heteroatoms. The number of aliphatic hydroxyl groups excluding tert-OH is 2. The number of aliphatic carboxylic acids is 2. The van der Waals surface area contributed by atoms with Gasteiger partial charge in [-0.05, 0) is 96.5 Å². The number of hydrogen-bond acceptors (Lipinski definition) is 12. The van der Waals surface area contributed by atoms with Crippen LogP contribution in [0.15, 0.2) is 122 Å². The average Bonchev–Trinajstić information content (AvgIpc) is 4.07. The first-order chi connectivity index (χ1) is 34.9. The monoisotopic (exact) mass is 1020 g/mol. The molecule has 4 aromatic heterocycles. The summed E-state index contributed by atoms with van der Waals surface area (Å²) < 4.78 is 29.4. The first-order valence-corrected chi connectivity index (χ1v) is 24.0. The topological polar surface area (TPSA) is 211 Å². The smallest absolute Gasteiger partial charge is 0.320 e. The van der Waals surface area contributed by atoms with Crippen LogP contribution in [0.3, 0.4) is 0 Å². The number of rotatable bonds is 25. The Morgan fingerprint density at radius 3 is 1.36 bits per heavy atom. The van der Waals surface area contributed by atoms with E-state index in [4.69, 9.17) is 42.1 Å². The second-order valence-electron chi connectivity index (χ2n) is 17.0. The van der Waals surface area contributed by atoms with E-state index in [1.165, 1.54) is 0 Å². The molecule has 4 heterocycles. The van der Waals surface area contributed by atoms with Crippen molar-refractivity contribution >= 4 is 46.4 Å². The number of carboxylic acid groups (broad SMARTS) is 2. The fourth-order valence-electron chi connectivity index (χ4n) is 8.39. The second-order valence-corrected chi connectivity index (χ2v) is 17.8. The number of carboxylic acids is 2. The minimum atomic E-state index is -1.08. The number of pyridine rings is 2. The molecule has 0 spiro atoms.